The van der Waals surface area contributed by atoms with Crippen LogP contribution in [0, 0.1) is 0 Å². The first-order valence-corrected chi connectivity index (χ1v) is 11.2. The van der Waals surface area contributed by atoms with Crippen LogP contribution in [0.1, 0.15) is 25.8 Å². The summed E-state index contributed by atoms with van der Waals surface area (Å²) in [5, 5.41) is 2.22. The topological polar surface area (TPSA) is 84.9 Å². The first-order valence-electron chi connectivity index (χ1n) is 9.61. The lowest BCUT2D eigenvalue weighted by atomic mass is 10.1. The van der Waals surface area contributed by atoms with Crippen LogP contribution >= 0.6 is 31.9 Å². The summed E-state index contributed by atoms with van der Waals surface area (Å²) in [7, 11) is 0. The fourth-order valence-electron chi connectivity index (χ4n) is 2.93. The molecular weight excluding hydrogens is 532 g/mol. The lowest BCUT2D eigenvalue weighted by Crippen LogP contribution is -2.54. The first-order chi connectivity index (χ1) is 14.8. The molecule has 0 spiro atoms. The molecule has 0 saturated carbocycles. The molecule has 0 aliphatic carbocycles. The number of anilines is 1. The molecule has 1 saturated heterocycles. The Labute approximate surface area is 196 Å². The Morgan fingerprint density at radius 3 is 2.39 bits per heavy atom. The van der Waals surface area contributed by atoms with E-state index < -0.39 is 17.8 Å². The van der Waals surface area contributed by atoms with Crippen molar-refractivity contribution in [1.82, 2.24) is 5.32 Å². The molecule has 31 heavy (non-hydrogen) atoms. The summed E-state index contributed by atoms with van der Waals surface area (Å²) in [6, 6.07) is 9.24. The number of carbonyl (C=O) groups excluding carboxylic acids is 3. The molecule has 4 amide bonds. The molecule has 0 radical (unpaired) electrons. The molecule has 0 bridgehead atoms. The number of halogens is 2. The highest BCUT2D eigenvalue weighted by molar-refractivity contribution is 9.10. The number of hydrogen-bond acceptors (Lipinski definition) is 5. The van der Waals surface area contributed by atoms with E-state index >= 15 is 0 Å². The molecule has 0 unspecified atom stereocenters. The third-order valence-corrected chi connectivity index (χ3v) is 5.40. The van der Waals surface area contributed by atoms with E-state index in [0.717, 1.165) is 15.8 Å². The van der Waals surface area contributed by atoms with Gasteiger partial charge in [0.05, 0.1) is 23.4 Å². The Morgan fingerprint density at radius 2 is 1.74 bits per heavy atom. The zero-order valence-corrected chi connectivity index (χ0v) is 20.1. The Balaban J connectivity index is 2.00. The van der Waals surface area contributed by atoms with Crippen molar-refractivity contribution in [3.63, 3.8) is 0 Å². The molecule has 1 fully saturated rings. The summed E-state index contributed by atoms with van der Waals surface area (Å²) in [5.41, 5.74) is 0.727. The minimum Gasteiger partial charge on any atom is -0.490 e. The number of rotatable bonds is 7. The van der Waals surface area contributed by atoms with Gasteiger partial charge in [-0.1, -0.05) is 22.9 Å². The quantitative estimate of drug-likeness (QED) is 0.384. The van der Waals surface area contributed by atoms with Gasteiger partial charge in [0.2, 0.25) is 0 Å². The van der Waals surface area contributed by atoms with Crippen LogP contribution in [-0.4, -0.2) is 31.1 Å². The lowest BCUT2D eigenvalue weighted by Gasteiger charge is -2.26. The van der Waals surface area contributed by atoms with Gasteiger partial charge < -0.3 is 9.47 Å². The van der Waals surface area contributed by atoms with Crippen molar-refractivity contribution in [2.24, 2.45) is 0 Å². The van der Waals surface area contributed by atoms with E-state index in [0.29, 0.717) is 40.4 Å². The summed E-state index contributed by atoms with van der Waals surface area (Å²) >= 11 is 6.79. The Morgan fingerprint density at radius 1 is 1.03 bits per heavy atom. The number of ether oxygens (including phenoxy) is 2. The van der Waals surface area contributed by atoms with Gasteiger partial charge in [0.25, 0.3) is 11.8 Å². The van der Waals surface area contributed by atoms with Gasteiger partial charge in [0.1, 0.15) is 5.57 Å². The predicted molar refractivity (Wildman–Crippen MR) is 124 cm³/mol. The number of nitrogens with zero attached hydrogens (tertiary/aromatic N) is 1. The van der Waals surface area contributed by atoms with Gasteiger partial charge in [-0.2, -0.15) is 0 Å². The monoisotopic (exact) mass is 550 g/mol. The second kappa shape index (κ2) is 10.1. The molecule has 0 atom stereocenters. The van der Waals surface area contributed by atoms with E-state index in [2.05, 4.69) is 37.2 Å². The Kier molecular flexibility index (Phi) is 7.50. The molecule has 1 N–H and O–H groups in total. The van der Waals surface area contributed by atoms with Crippen LogP contribution in [0.25, 0.3) is 6.08 Å². The summed E-state index contributed by atoms with van der Waals surface area (Å²) in [6.45, 7) is 4.78. The van der Waals surface area contributed by atoms with E-state index in [1.165, 1.54) is 6.08 Å². The molecule has 2 aromatic rings. The number of carbonyl (C=O) groups is 3. The zero-order chi connectivity index (χ0) is 22.5. The highest BCUT2D eigenvalue weighted by Gasteiger charge is 2.36. The van der Waals surface area contributed by atoms with E-state index in [4.69, 9.17) is 9.47 Å². The fourth-order valence-corrected chi connectivity index (χ4v) is 3.77. The molecule has 1 aliphatic heterocycles. The van der Waals surface area contributed by atoms with Crippen LogP contribution in [0.2, 0.25) is 0 Å². The lowest BCUT2D eigenvalue weighted by molar-refractivity contribution is -0.122. The number of barbiturate groups is 1. The average molecular weight is 552 g/mol. The van der Waals surface area contributed by atoms with E-state index in [1.807, 2.05) is 13.8 Å². The molecule has 1 aliphatic rings. The number of urea groups is 1. The fraction of sp³-hybridized carbons (Fsp3) is 0.227. The molecule has 162 valence electrons. The molecular formula is C22H20Br2N2O5. The molecule has 0 aromatic heterocycles. The second-order valence-electron chi connectivity index (χ2n) is 6.55. The third kappa shape index (κ3) is 5.16. The van der Waals surface area contributed by atoms with Crippen LogP contribution in [0.5, 0.6) is 11.5 Å². The van der Waals surface area contributed by atoms with Crippen molar-refractivity contribution in [2.75, 3.05) is 18.1 Å². The van der Waals surface area contributed by atoms with Crippen molar-refractivity contribution in [3.05, 3.63) is 56.5 Å². The average Bonchev–Trinajstić information content (AvgIpc) is 2.72. The van der Waals surface area contributed by atoms with Crippen LogP contribution in [-0.2, 0) is 9.59 Å². The summed E-state index contributed by atoms with van der Waals surface area (Å²) in [4.78, 5) is 38.7. The van der Waals surface area contributed by atoms with Crippen LogP contribution in [0.3, 0.4) is 0 Å². The maximum absolute atomic E-state index is 13.0. The number of benzene rings is 2. The Hall–Kier alpha value is -2.65. The van der Waals surface area contributed by atoms with Gasteiger partial charge in [-0.15, -0.1) is 0 Å². The van der Waals surface area contributed by atoms with Crippen molar-refractivity contribution < 1.29 is 23.9 Å². The predicted octanol–water partition coefficient (Wildman–Crippen LogP) is 5.07. The molecule has 2 aromatic carbocycles. The number of hydrogen-bond donors (Lipinski definition) is 1. The minimum atomic E-state index is -0.797. The smallest absolute Gasteiger partial charge is 0.335 e. The first kappa shape index (κ1) is 23.0. The van der Waals surface area contributed by atoms with Crippen molar-refractivity contribution in [2.45, 2.75) is 20.3 Å². The van der Waals surface area contributed by atoms with Crippen molar-refractivity contribution >= 4 is 61.5 Å². The molecule has 3 rings (SSSR count). The van der Waals surface area contributed by atoms with E-state index in [-0.39, 0.29) is 5.57 Å². The second-order valence-corrected chi connectivity index (χ2v) is 8.32. The highest BCUT2D eigenvalue weighted by atomic mass is 79.9. The van der Waals surface area contributed by atoms with E-state index in [1.54, 1.807) is 36.4 Å². The molecule has 9 heteroatoms. The van der Waals surface area contributed by atoms with Crippen molar-refractivity contribution in [3.8, 4) is 11.5 Å². The van der Waals surface area contributed by atoms with E-state index in [9.17, 15) is 14.4 Å². The third-order valence-electron chi connectivity index (χ3n) is 4.28. The van der Waals surface area contributed by atoms with Gasteiger partial charge in [-0.25, -0.2) is 9.69 Å². The minimum absolute atomic E-state index is 0.168. The number of imide groups is 2. The summed E-state index contributed by atoms with van der Waals surface area (Å²) < 4.78 is 12.9. The van der Waals surface area contributed by atoms with Crippen LogP contribution in [0.15, 0.2) is 50.9 Å². The largest absolute Gasteiger partial charge is 0.490 e. The number of nitrogens with one attached hydrogen (secondary N) is 1. The highest BCUT2D eigenvalue weighted by Crippen LogP contribution is 2.38. The standard InChI is InChI=1S/C22H20Br2N2O5/c1-3-9-31-19-17(24)11-13(12-18(19)30-4-2)10-16-20(27)25-22(29)26(21(16)28)15-7-5-14(23)6-8-15/h5-8,10-12H,3-4,9H2,1-2H3,(H,25,27,29)/b16-10+. The van der Waals surface area contributed by atoms with Gasteiger partial charge in [0, 0.05) is 4.47 Å². The van der Waals surface area contributed by atoms with Gasteiger partial charge in [-0.3, -0.25) is 14.9 Å². The van der Waals surface area contributed by atoms with Crippen molar-refractivity contribution in [1.29, 1.82) is 0 Å². The number of amides is 4. The SMILES string of the molecule is CCCOc1c(Br)cc(/C=C2\C(=O)NC(=O)N(c3ccc(Br)cc3)C2=O)cc1OCC. The molecule has 1 heterocycles. The van der Waals surface area contributed by atoms with Gasteiger partial charge >= 0.3 is 6.03 Å². The summed E-state index contributed by atoms with van der Waals surface area (Å²) in [5.74, 6) is -0.432. The Bertz CT molecular complexity index is 1050. The van der Waals surface area contributed by atoms with Gasteiger partial charge in [-0.05, 0) is 77.3 Å². The maximum atomic E-state index is 13.0. The normalized spacial score (nSPS) is 15.3. The zero-order valence-electron chi connectivity index (χ0n) is 16.9. The summed E-state index contributed by atoms with van der Waals surface area (Å²) in [6.07, 6.45) is 2.26. The van der Waals surface area contributed by atoms with Crippen LogP contribution in [0.4, 0.5) is 10.5 Å². The molecule has 7 nitrogen and oxygen atoms in total. The van der Waals surface area contributed by atoms with Gasteiger partial charge in [0.15, 0.2) is 11.5 Å². The van der Waals surface area contributed by atoms with Crippen LogP contribution < -0.4 is 19.7 Å². The maximum Gasteiger partial charge on any atom is 0.335 e.